The molecule has 1 aromatic rings. The first kappa shape index (κ1) is 17.0. The average Bonchev–Trinajstić information content (AvgIpc) is 2.60. The van der Waals surface area contributed by atoms with Gasteiger partial charge in [0.1, 0.15) is 0 Å². The summed E-state index contributed by atoms with van der Waals surface area (Å²) in [6.45, 7) is 3.27. The molecule has 0 spiro atoms. The van der Waals surface area contributed by atoms with Gasteiger partial charge in [0, 0.05) is 38.4 Å². The Labute approximate surface area is 145 Å². The number of carbonyl (C=O) groups is 1. The van der Waals surface area contributed by atoms with Crippen LogP contribution in [0.5, 0.6) is 0 Å². The summed E-state index contributed by atoms with van der Waals surface area (Å²) < 4.78 is 0. The molecule has 0 bridgehead atoms. The summed E-state index contributed by atoms with van der Waals surface area (Å²) in [6, 6.07) is 6.89. The second-order valence-electron chi connectivity index (χ2n) is 7.23. The van der Waals surface area contributed by atoms with E-state index < -0.39 is 0 Å². The monoisotopic (exact) mass is 327 g/mol. The fourth-order valence-electron chi connectivity index (χ4n) is 3.76. The van der Waals surface area contributed by atoms with Crippen LogP contribution in [0.1, 0.15) is 30.4 Å². The summed E-state index contributed by atoms with van der Waals surface area (Å²) in [5, 5.41) is 0. The van der Waals surface area contributed by atoms with Gasteiger partial charge in [-0.05, 0) is 75.2 Å². The van der Waals surface area contributed by atoms with E-state index in [0.29, 0.717) is 6.04 Å². The van der Waals surface area contributed by atoms with E-state index in [9.17, 15) is 4.79 Å². The maximum Gasteiger partial charge on any atom is 0.246 e. The summed E-state index contributed by atoms with van der Waals surface area (Å²) in [5.41, 5.74) is 3.84. The van der Waals surface area contributed by atoms with E-state index in [4.69, 9.17) is 0 Å². The van der Waals surface area contributed by atoms with Crippen LogP contribution in [0.25, 0.3) is 6.08 Å². The molecule has 0 aliphatic carbocycles. The van der Waals surface area contributed by atoms with Crippen LogP contribution in [-0.2, 0) is 11.2 Å². The van der Waals surface area contributed by atoms with Gasteiger partial charge in [-0.2, -0.15) is 0 Å². The number of rotatable bonds is 3. The zero-order chi connectivity index (χ0) is 17.1. The molecule has 130 valence electrons. The number of likely N-dealkylation sites (tertiary alicyclic amines) is 1. The minimum atomic E-state index is 0.111. The molecule has 4 nitrogen and oxygen atoms in total. The number of anilines is 1. The van der Waals surface area contributed by atoms with E-state index in [1.165, 1.54) is 17.7 Å². The molecule has 1 fully saturated rings. The van der Waals surface area contributed by atoms with Gasteiger partial charge >= 0.3 is 0 Å². The predicted octanol–water partition coefficient (Wildman–Crippen LogP) is 2.63. The topological polar surface area (TPSA) is 26.8 Å². The van der Waals surface area contributed by atoms with Crippen molar-refractivity contribution in [3.8, 4) is 0 Å². The third-order valence-corrected chi connectivity index (χ3v) is 5.46. The van der Waals surface area contributed by atoms with Gasteiger partial charge in [-0.3, -0.25) is 4.79 Å². The van der Waals surface area contributed by atoms with Crippen molar-refractivity contribution in [3.05, 3.63) is 35.4 Å². The van der Waals surface area contributed by atoms with E-state index in [-0.39, 0.29) is 5.91 Å². The molecule has 0 aromatic heterocycles. The van der Waals surface area contributed by atoms with Crippen LogP contribution in [0.15, 0.2) is 24.3 Å². The third-order valence-electron chi connectivity index (χ3n) is 5.46. The molecule has 1 amide bonds. The number of amides is 1. The molecule has 4 heteroatoms. The molecule has 0 N–H and O–H groups in total. The first-order valence-corrected chi connectivity index (χ1v) is 9.02. The zero-order valence-corrected chi connectivity index (χ0v) is 15.2. The summed E-state index contributed by atoms with van der Waals surface area (Å²) in [7, 11) is 6.23. The lowest BCUT2D eigenvalue weighted by molar-refractivity contribution is -0.127. The summed E-state index contributed by atoms with van der Waals surface area (Å²) >= 11 is 0. The number of benzene rings is 1. The highest BCUT2D eigenvalue weighted by Gasteiger charge is 2.22. The number of nitrogens with zero attached hydrogens (tertiary/aromatic N) is 3. The average molecular weight is 327 g/mol. The Kier molecular flexibility index (Phi) is 5.24. The van der Waals surface area contributed by atoms with Crippen molar-refractivity contribution in [1.29, 1.82) is 0 Å². The molecule has 2 aliphatic rings. The Morgan fingerprint density at radius 2 is 1.96 bits per heavy atom. The molecule has 1 saturated heterocycles. The van der Waals surface area contributed by atoms with Crippen LogP contribution in [0, 0.1) is 0 Å². The second-order valence-corrected chi connectivity index (χ2v) is 7.23. The zero-order valence-electron chi connectivity index (χ0n) is 15.2. The lowest BCUT2D eigenvalue weighted by atomic mass is 9.99. The van der Waals surface area contributed by atoms with Crippen LogP contribution in [-0.4, -0.2) is 62.5 Å². The van der Waals surface area contributed by atoms with Gasteiger partial charge in [-0.15, -0.1) is 0 Å². The van der Waals surface area contributed by atoms with E-state index in [2.05, 4.69) is 42.1 Å². The first-order chi connectivity index (χ1) is 11.5. The summed E-state index contributed by atoms with van der Waals surface area (Å²) in [4.78, 5) is 19.0. The first-order valence-electron chi connectivity index (χ1n) is 9.02. The van der Waals surface area contributed by atoms with Gasteiger partial charge in [-0.1, -0.05) is 6.07 Å². The maximum atomic E-state index is 12.5. The van der Waals surface area contributed by atoms with Gasteiger partial charge in [0.2, 0.25) is 5.91 Å². The SMILES string of the molecule is CN1CCC(N(C)C(=O)/C=C/c2ccc3c(c2)CCCN3C)CC1. The lowest BCUT2D eigenvalue weighted by Crippen LogP contribution is -2.43. The van der Waals surface area contributed by atoms with E-state index in [0.717, 1.165) is 44.5 Å². The Bertz CT molecular complexity index is 617. The van der Waals surface area contributed by atoms with Gasteiger partial charge in [0.15, 0.2) is 0 Å². The van der Waals surface area contributed by atoms with Crippen molar-refractivity contribution in [3.63, 3.8) is 0 Å². The van der Waals surface area contributed by atoms with Crippen molar-refractivity contribution in [2.24, 2.45) is 0 Å². The number of hydrogen-bond donors (Lipinski definition) is 0. The number of fused-ring (bicyclic) bond motifs is 1. The highest BCUT2D eigenvalue weighted by Crippen LogP contribution is 2.27. The summed E-state index contributed by atoms with van der Waals surface area (Å²) in [5.74, 6) is 0.111. The molecular weight excluding hydrogens is 298 g/mol. The smallest absolute Gasteiger partial charge is 0.246 e. The molecule has 0 radical (unpaired) electrons. The Hall–Kier alpha value is -1.81. The molecule has 0 unspecified atom stereocenters. The van der Waals surface area contributed by atoms with Crippen molar-refractivity contribution in [1.82, 2.24) is 9.80 Å². The summed E-state index contributed by atoms with van der Waals surface area (Å²) in [6.07, 6.45) is 8.16. The molecule has 2 heterocycles. The van der Waals surface area contributed by atoms with Crippen LogP contribution in [0.2, 0.25) is 0 Å². The highest BCUT2D eigenvalue weighted by atomic mass is 16.2. The fraction of sp³-hybridized carbons (Fsp3) is 0.550. The molecular formula is C20H29N3O. The van der Waals surface area contributed by atoms with Crippen LogP contribution in [0.4, 0.5) is 5.69 Å². The van der Waals surface area contributed by atoms with Crippen LogP contribution in [0.3, 0.4) is 0 Å². The van der Waals surface area contributed by atoms with Gasteiger partial charge in [0.25, 0.3) is 0 Å². The lowest BCUT2D eigenvalue weighted by Gasteiger charge is -2.34. The molecule has 0 saturated carbocycles. The quantitative estimate of drug-likeness (QED) is 0.799. The van der Waals surface area contributed by atoms with Crippen molar-refractivity contribution >= 4 is 17.7 Å². The van der Waals surface area contributed by atoms with Gasteiger partial charge in [-0.25, -0.2) is 0 Å². The van der Waals surface area contributed by atoms with E-state index in [1.807, 2.05) is 18.0 Å². The van der Waals surface area contributed by atoms with Crippen molar-refractivity contribution in [2.75, 3.05) is 45.7 Å². The minimum absolute atomic E-state index is 0.111. The van der Waals surface area contributed by atoms with E-state index in [1.54, 1.807) is 6.08 Å². The Morgan fingerprint density at radius 3 is 2.71 bits per heavy atom. The van der Waals surface area contributed by atoms with Crippen molar-refractivity contribution < 1.29 is 4.79 Å². The number of likely N-dealkylation sites (N-methyl/N-ethyl adjacent to an activating group) is 1. The standard InChI is InChI=1S/C20H29N3O/c1-21-13-10-18(11-14-21)23(3)20(24)9-7-16-6-8-19-17(15-16)5-4-12-22(19)2/h6-9,15,18H,4-5,10-14H2,1-3H3/b9-7+. The van der Waals surface area contributed by atoms with E-state index >= 15 is 0 Å². The highest BCUT2D eigenvalue weighted by molar-refractivity contribution is 5.92. The van der Waals surface area contributed by atoms with Crippen molar-refractivity contribution in [2.45, 2.75) is 31.7 Å². The van der Waals surface area contributed by atoms with Gasteiger partial charge < -0.3 is 14.7 Å². The molecule has 0 atom stereocenters. The second kappa shape index (κ2) is 7.39. The predicted molar refractivity (Wildman–Crippen MR) is 100 cm³/mol. The largest absolute Gasteiger partial charge is 0.374 e. The third kappa shape index (κ3) is 3.81. The molecule has 24 heavy (non-hydrogen) atoms. The molecule has 1 aromatic carbocycles. The number of carbonyl (C=O) groups excluding carboxylic acids is 1. The Morgan fingerprint density at radius 1 is 1.21 bits per heavy atom. The minimum Gasteiger partial charge on any atom is -0.374 e. The molecule has 3 rings (SSSR count). The van der Waals surface area contributed by atoms with Crippen LogP contribution >= 0.6 is 0 Å². The Balaban J connectivity index is 1.63. The van der Waals surface area contributed by atoms with Gasteiger partial charge in [0.05, 0.1) is 0 Å². The number of hydrogen-bond acceptors (Lipinski definition) is 3. The normalized spacial score (nSPS) is 19.5. The molecule has 2 aliphatic heterocycles. The number of piperidine rings is 1. The number of aryl methyl sites for hydroxylation is 1. The van der Waals surface area contributed by atoms with Crippen LogP contribution < -0.4 is 4.90 Å². The fourth-order valence-corrected chi connectivity index (χ4v) is 3.76. The maximum absolute atomic E-state index is 12.5.